The minimum absolute atomic E-state index is 0.176. The van der Waals surface area contributed by atoms with E-state index in [-0.39, 0.29) is 19.1 Å². The van der Waals surface area contributed by atoms with Crippen LogP contribution in [0.25, 0.3) is 0 Å². The van der Waals surface area contributed by atoms with E-state index in [4.69, 9.17) is 10.5 Å². The third kappa shape index (κ3) is 5.69. The Morgan fingerprint density at radius 2 is 2.21 bits per heavy atom. The van der Waals surface area contributed by atoms with Gasteiger partial charge in [0.15, 0.2) is 0 Å². The van der Waals surface area contributed by atoms with E-state index < -0.39 is 6.10 Å². The van der Waals surface area contributed by atoms with E-state index in [0.29, 0.717) is 17.9 Å². The number of anilines is 2. The molecular formula is C13H21N3O3. The lowest BCUT2D eigenvalue weighted by Crippen LogP contribution is -2.37. The number of rotatable bonds is 7. The predicted molar refractivity (Wildman–Crippen MR) is 74.9 cm³/mol. The van der Waals surface area contributed by atoms with E-state index in [2.05, 4.69) is 5.32 Å². The first-order valence-electron chi connectivity index (χ1n) is 6.02. The number of hydrogen-bond acceptors (Lipinski definition) is 5. The SMILES string of the molecule is COCC(O)CN(C)CC(=O)Nc1ccccc1N. The lowest BCUT2D eigenvalue weighted by atomic mass is 10.2. The molecule has 0 aliphatic rings. The van der Waals surface area contributed by atoms with Crippen molar-refractivity contribution in [3.8, 4) is 0 Å². The number of carbonyl (C=O) groups is 1. The van der Waals surface area contributed by atoms with Gasteiger partial charge < -0.3 is 20.9 Å². The summed E-state index contributed by atoms with van der Waals surface area (Å²) in [4.78, 5) is 13.5. The molecule has 6 nitrogen and oxygen atoms in total. The number of aliphatic hydroxyl groups excluding tert-OH is 1. The molecule has 1 atom stereocenters. The van der Waals surface area contributed by atoms with Crippen LogP contribution in [0.3, 0.4) is 0 Å². The predicted octanol–water partition coefficient (Wildman–Crippen LogP) is 0.146. The number of ether oxygens (including phenoxy) is 1. The molecule has 0 spiro atoms. The summed E-state index contributed by atoms with van der Waals surface area (Å²) in [6.45, 7) is 0.790. The number of carbonyl (C=O) groups excluding carboxylic acids is 1. The Hall–Kier alpha value is -1.63. The van der Waals surface area contributed by atoms with Gasteiger partial charge in [-0.2, -0.15) is 0 Å². The van der Waals surface area contributed by atoms with Crippen LogP contribution in [-0.4, -0.2) is 55.9 Å². The molecule has 0 aliphatic heterocycles. The van der Waals surface area contributed by atoms with Crippen molar-refractivity contribution in [2.75, 3.05) is 44.9 Å². The molecule has 0 radical (unpaired) electrons. The molecule has 0 heterocycles. The van der Waals surface area contributed by atoms with Gasteiger partial charge in [-0.3, -0.25) is 9.69 Å². The van der Waals surface area contributed by atoms with Crippen LogP contribution in [0, 0.1) is 0 Å². The first-order chi connectivity index (χ1) is 9.02. The fourth-order valence-corrected chi connectivity index (χ4v) is 1.72. The Balaban J connectivity index is 2.41. The Kier molecular flexibility index (Phi) is 6.27. The van der Waals surface area contributed by atoms with Gasteiger partial charge in [-0.1, -0.05) is 12.1 Å². The Bertz CT molecular complexity index is 412. The van der Waals surface area contributed by atoms with E-state index in [1.165, 1.54) is 7.11 Å². The van der Waals surface area contributed by atoms with Crippen molar-refractivity contribution in [2.24, 2.45) is 0 Å². The second-order valence-electron chi connectivity index (χ2n) is 4.44. The van der Waals surface area contributed by atoms with Gasteiger partial charge in [0.05, 0.1) is 30.6 Å². The molecule has 6 heteroatoms. The monoisotopic (exact) mass is 267 g/mol. The highest BCUT2D eigenvalue weighted by atomic mass is 16.5. The van der Waals surface area contributed by atoms with Crippen molar-refractivity contribution >= 4 is 17.3 Å². The second kappa shape index (κ2) is 7.73. The van der Waals surface area contributed by atoms with Crippen LogP contribution in [0.1, 0.15) is 0 Å². The van der Waals surface area contributed by atoms with Crippen LogP contribution in [0.2, 0.25) is 0 Å². The number of likely N-dealkylation sites (N-methyl/N-ethyl adjacent to an activating group) is 1. The van der Waals surface area contributed by atoms with E-state index in [1.807, 2.05) is 0 Å². The van der Waals surface area contributed by atoms with Crippen LogP contribution >= 0.6 is 0 Å². The van der Waals surface area contributed by atoms with Gasteiger partial charge in [-0.25, -0.2) is 0 Å². The van der Waals surface area contributed by atoms with Gasteiger partial charge in [-0.05, 0) is 19.2 Å². The summed E-state index contributed by atoms with van der Waals surface area (Å²) in [6, 6.07) is 7.07. The number of hydrogen-bond donors (Lipinski definition) is 3. The van der Waals surface area contributed by atoms with Crippen molar-refractivity contribution < 1.29 is 14.6 Å². The van der Waals surface area contributed by atoms with Gasteiger partial charge in [0, 0.05) is 13.7 Å². The van der Waals surface area contributed by atoms with Gasteiger partial charge in [0.1, 0.15) is 0 Å². The molecule has 4 N–H and O–H groups in total. The minimum Gasteiger partial charge on any atom is -0.397 e. The second-order valence-corrected chi connectivity index (χ2v) is 4.44. The maximum absolute atomic E-state index is 11.8. The zero-order valence-electron chi connectivity index (χ0n) is 11.3. The molecular weight excluding hydrogens is 246 g/mol. The highest BCUT2D eigenvalue weighted by Gasteiger charge is 2.12. The van der Waals surface area contributed by atoms with Crippen LogP contribution in [0.15, 0.2) is 24.3 Å². The number of benzene rings is 1. The zero-order chi connectivity index (χ0) is 14.3. The minimum atomic E-state index is -0.607. The number of nitrogens with one attached hydrogen (secondary N) is 1. The summed E-state index contributed by atoms with van der Waals surface area (Å²) < 4.78 is 4.83. The fraction of sp³-hybridized carbons (Fsp3) is 0.462. The molecule has 0 fully saturated rings. The van der Waals surface area contributed by atoms with Gasteiger partial charge in [0.25, 0.3) is 0 Å². The van der Waals surface area contributed by atoms with Crippen LogP contribution < -0.4 is 11.1 Å². The fourth-order valence-electron chi connectivity index (χ4n) is 1.72. The average molecular weight is 267 g/mol. The maximum atomic E-state index is 11.8. The Labute approximate surface area is 113 Å². The van der Waals surface area contributed by atoms with Crippen LogP contribution in [-0.2, 0) is 9.53 Å². The summed E-state index contributed by atoms with van der Waals surface area (Å²) in [5, 5.41) is 12.3. The molecule has 0 saturated heterocycles. The summed E-state index contributed by atoms with van der Waals surface area (Å²) in [5.74, 6) is -0.176. The molecule has 1 unspecified atom stereocenters. The maximum Gasteiger partial charge on any atom is 0.238 e. The average Bonchev–Trinajstić information content (AvgIpc) is 2.31. The van der Waals surface area contributed by atoms with E-state index >= 15 is 0 Å². The molecule has 1 aromatic carbocycles. The Morgan fingerprint density at radius 3 is 2.84 bits per heavy atom. The lowest BCUT2D eigenvalue weighted by Gasteiger charge is -2.19. The smallest absolute Gasteiger partial charge is 0.238 e. The molecule has 1 aromatic rings. The number of para-hydroxylation sites is 2. The van der Waals surface area contributed by atoms with Gasteiger partial charge in [-0.15, -0.1) is 0 Å². The molecule has 0 aromatic heterocycles. The summed E-state index contributed by atoms with van der Waals surface area (Å²) in [7, 11) is 3.28. The van der Waals surface area contributed by atoms with Crippen molar-refractivity contribution in [1.82, 2.24) is 4.90 Å². The van der Waals surface area contributed by atoms with Crippen molar-refractivity contribution in [2.45, 2.75) is 6.10 Å². The highest BCUT2D eigenvalue weighted by molar-refractivity contribution is 5.95. The topological polar surface area (TPSA) is 87.8 Å². The van der Waals surface area contributed by atoms with Crippen molar-refractivity contribution in [1.29, 1.82) is 0 Å². The first-order valence-corrected chi connectivity index (χ1v) is 6.02. The number of nitrogens with zero attached hydrogens (tertiary/aromatic N) is 1. The standard InChI is InChI=1S/C13H21N3O3/c1-16(7-10(17)9-19-2)8-13(18)15-12-6-4-3-5-11(12)14/h3-6,10,17H,7-9,14H2,1-2H3,(H,15,18). The molecule has 1 amide bonds. The third-order valence-corrected chi connectivity index (χ3v) is 2.53. The molecule has 0 bridgehead atoms. The van der Waals surface area contributed by atoms with Gasteiger partial charge >= 0.3 is 0 Å². The van der Waals surface area contributed by atoms with Gasteiger partial charge in [0.2, 0.25) is 5.91 Å². The first kappa shape index (κ1) is 15.4. The molecule has 19 heavy (non-hydrogen) atoms. The lowest BCUT2D eigenvalue weighted by molar-refractivity contribution is -0.117. The van der Waals surface area contributed by atoms with Crippen LogP contribution in [0.4, 0.5) is 11.4 Å². The number of nitrogen functional groups attached to an aromatic ring is 1. The van der Waals surface area contributed by atoms with Crippen molar-refractivity contribution in [3.05, 3.63) is 24.3 Å². The zero-order valence-corrected chi connectivity index (χ0v) is 11.3. The molecule has 106 valence electrons. The third-order valence-electron chi connectivity index (χ3n) is 2.53. The quantitative estimate of drug-likeness (QED) is 0.612. The van der Waals surface area contributed by atoms with Crippen molar-refractivity contribution in [3.63, 3.8) is 0 Å². The summed E-state index contributed by atoms with van der Waals surface area (Å²) in [5.41, 5.74) is 6.86. The molecule has 0 aliphatic carbocycles. The number of aliphatic hydroxyl groups is 1. The molecule has 1 rings (SSSR count). The number of methoxy groups -OCH3 is 1. The largest absolute Gasteiger partial charge is 0.397 e. The van der Waals surface area contributed by atoms with Crippen LogP contribution in [0.5, 0.6) is 0 Å². The highest BCUT2D eigenvalue weighted by Crippen LogP contribution is 2.16. The normalized spacial score (nSPS) is 12.4. The number of nitrogens with two attached hydrogens (primary N) is 1. The summed E-state index contributed by atoms with van der Waals surface area (Å²) >= 11 is 0. The van der Waals surface area contributed by atoms with E-state index in [0.717, 1.165) is 0 Å². The van der Waals surface area contributed by atoms with E-state index in [1.54, 1.807) is 36.2 Å². The van der Waals surface area contributed by atoms with E-state index in [9.17, 15) is 9.90 Å². The Morgan fingerprint density at radius 1 is 1.53 bits per heavy atom. The number of amides is 1. The molecule has 0 saturated carbocycles. The summed E-state index contributed by atoms with van der Waals surface area (Å²) in [6.07, 6.45) is -0.607.